The second kappa shape index (κ2) is 10.1. The van der Waals surface area contributed by atoms with Gasteiger partial charge in [-0.15, -0.1) is 0 Å². The van der Waals surface area contributed by atoms with E-state index in [1.54, 1.807) is 23.6 Å². The highest BCUT2D eigenvalue weighted by Gasteiger charge is 2.26. The van der Waals surface area contributed by atoms with Gasteiger partial charge in [0.15, 0.2) is 17.3 Å². The third-order valence-corrected chi connectivity index (χ3v) is 4.37. The average Bonchev–Trinajstić information content (AvgIpc) is 2.98. The van der Waals surface area contributed by atoms with E-state index in [-0.39, 0.29) is 11.7 Å². The van der Waals surface area contributed by atoms with Crippen LogP contribution in [-0.4, -0.2) is 60.0 Å². The molecular weight excluding hydrogens is 348 g/mol. The maximum Gasteiger partial charge on any atom is 0.304 e. The van der Waals surface area contributed by atoms with E-state index >= 15 is 0 Å². The first kappa shape index (κ1) is 21.0. The number of carbonyl (C=O) groups is 2. The lowest BCUT2D eigenvalue weighted by molar-refractivity contribution is -0.115. The van der Waals surface area contributed by atoms with Crippen molar-refractivity contribution in [1.82, 2.24) is 14.5 Å². The molecular formula is C19H30N4O4. The molecule has 0 aromatic carbocycles. The number of allylic oxidation sites excluding steroid dienone is 2. The molecule has 1 amide bonds. The summed E-state index contributed by atoms with van der Waals surface area (Å²) < 4.78 is 12.7. The molecule has 2 rings (SSSR count). The fourth-order valence-electron chi connectivity index (χ4n) is 3.00. The van der Waals surface area contributed by atoms with Crippen LogP contribution in [0.5, 0.6) is 6.01 Å². The maximum absolute atomic E-state index is 13.0. The normalized spacial score (nSPS) is 14.1. The molecule has 1 heterocycles. The summed E-state index contributed by atoms with van der Waals surface area (Å²) in [5.41, 5.74) is 0.469. The Morgan fingerprint density at radius 1 is 1.37 bits per heavy atom. The van der Waals surface area contributed by atoms with Crippen LogP contribution >= 0.6 is 0 Å². The van der Waals surface area contributed by atoms with Crippen molar-refractivity contribution in [3.63, 3.8) is 0 Å². The minimum atomic E-state index is -0.125. The standard InChI is InChI=1S/C19H30N4O4/c1-5-20-17-16(18(25)22(3)11-8-12-26-4)23(6-2)19(21-17)27-15-10-7-9-14(24)13-15/h13,20H,5-12H2,1-4H3. The van der Waals surface area contributed by atoms with E-state index in [9.17, 15) is 9.59 Å². The highest BCUT2D eigenvalue weighted by atomic mass is 16.5. The number of ether oxygens (including phenoxy) is 2. The van der Waals surface area contributed by atoms with Crippen LogP contribution in [-0.2, 0) is 16.1 Å². The highest BCUT2D eigenvalue weighted by Crippen LogP contribution is 2.27. The molecule has 1 aromatic heterocycles. The number of aromatic nitrogens is 2. The van der Waals surface area contributed by atoms with Crippen LogP contribution in [0.2, 0.25) is 0 Å². The lowest BCUT2D eigenvalue weighted by atomic mass is 10.1. The molecule has 8 nitrogen and oxygen atoms in total. The fraction of sp³-hybridized carbons (Fsp3) is 0.632. The van der Waals surface area contributed by atoms with E-state index in [0.717, 1.165) is 12.8 Å². The Bertz CT molecular complexity index is 696. The molecule has 27 heavy (non-hydrogen) atoms. The van der Waals surface area contributed by atoms with E-state index in [4.69, 9.17) is 9.47 Å². The fourth-order valence-corrected chi connectivity index (χ4v) is 3.00. The summed E-state index contributed by atoms with van der Waals surface area (Å²) in [6.45, 7) is 6.23. The van der Waals surface area contributed by atoms with Crippen LogP contribution in [0.3, 0.4) is 0 Å². The molecule has 0 aliphatic heterocycles. The first-order valence-electron chi connectivity index (χ1n) is 9.51. The molecule has 0 radical (unpaired) electrons. The van der Waals surface area contributed by atoms with E-state index in [0.29, 0.717) is 62.4 Å². The molecule has 1 N–H and O–H groups in total. The van der Waals surface area contributed by atoms with Gasteiger partial charge < -0.3 is 19.7 Å². The number of imidazole rings is 1. The van der Waals surface area contributed by atoms with Crippen LogP contribution in [0.1, 0.15) is 50.0 Å². The minimum absolute atomic E-state index is 0.0620. The molecule has 8 heteroatoms. The van der Waals surface area contributed by atoms with Gasteiger partial charge in [0.05, 0.1) is 0 Å². The van der Waals surface area contributed by atoms with Gasteiger partial charge in [-0.25, -0.2) is 0 Å². The summed E-state index contributed by atoms with van der Waals surface area (Å²) in [5.74, 6) is 1.04. The summed E-state index contributed by atoms with van der Waals surface area (Å²) in [4.78, 5) is 30.8. The zero-order chi connectivity index (χ0) is 19.8. The van der Waals surface area contributed by atoms with Crippen molar-refractivity contribution in [1.29, 1.82) is 0 Å². The molecule has 1 aliphatic rings. The number of nitrogens with zero attached hydrogens (tertiary/aromatic N) is 3. The van der Waals surface area contributed by atoms with Crippen molar-refractivity contribution < 1.29 is 19.1 Å². The van der Waals surface area contributed by atoms with Crippen molar-refractivity contribution in [2.24, 2.45) is 0 Å². The van der Waals surface area contributed by atoms with E-state index in [1.807, 2.05) is 13.8 Å². The summed E-state index contributed by atoms with van der Waals surface area (Å²) in [5, 5.41) is 3.15. The van der Waals surface area contributed by atoms with Gasteiger partial charge >= 0.3 is 6.01 Å². The Morgan fingerprint density at radius 3 is 2.78 bits per heavy atom. The monoisotopic (exact) mass is 378 g/mol. The lowest BCUT2D eigenvalue weighted by Gasteiger charge is -2.19. The Kier molecular flexibility index (Phi) is 7.84. The predicted octanol–water partition coefficient (Wildman–Crippen LogP) is 2.46. The maximum atomic E-state index is 13.0. The van der Waals surface area contributed by atoms with Gasteiger partial charge in [0.25, 0.3) is 5.91 Å². The number of amides is 1. The predicted molar refractivity (Wildman–Crippen MR) is 103 cm³/mol. The smallest absolute Gasteiger partial charge is 0.304 e. The van der Waals surface area contributed by atoms with Crippen molar-refractivity contribution in [3.8, 4) is 6.01 Å². The van der Waals surface area contributed by atoms with Crippen molar-refractivity contribution in [2.45, 2.75) is 46.1 Å². The van der Waals surface area contributed by atoms with Gasteiger partial charge in [-0.2, -0.15) is 4.98 Å². The number of hydrogen-bond acceptors (Lipinski definition) is 6. The van der Waals surface area contributed by atoms with Crippen molar-refractivity contribution in [2.75, 3.05) is 39.2 Å². The summed E-state index contributed by atoms with van der Waals surface area (Å²) in [6, 6.07) is 0.336. The molecule has 0 spiro atoms. The number of rotatable bonds is 10. The number of carbonyl (C=O) groups excluding carboxylic acids is 2. The van der Waals surface area contributed by atoms with Crippen LogP contribution in [0.4, 0.5) is 5.82 Å². The van der Waals surface area contributed by atoms with Crippen LogP contribution < -0.4 is 10.1 Å². The number of hydrogen-bond donors (Lipinski definition) is 1. The topological polar surface area (TPSA) is 85.7 Å². The van der Waals surface area contributed by atoms with E-state index in [2.05, 4.69) is 10.3 Å². The average molecular weight is 378 g/mol. The van der Waals surface area contributed by atoms with Gasteiger partial charge in [0, 0.05) is 59.3 Å². The third-order valence-electron chi connectivity index (χ3n) is 4.37. The first-order chi connectivity index (χ1) is 13.0. The minimum Gasteiger partial charge on any atom is -0.430 e. The SMILES string of the molecule is CCNc1nc(OC2=CC(=O)CCC2)n(CC)c1C(=O)N(C)CCCOC. The Hall–Kier alpha value is -2.35. The molecule has 0 unspecified atom stereocenters. The zero-order valence-electron chi connectivity index (χ0n) is 16.7. The van der Waals surface area contributed by atoms with Crippen molar-refractivity contribution in [3.05, 3.63) is 17.5 Å². The second-order valence-corrected chi connectivity index (χ2v) is 6.47. The van der Waals surface area contributed by atoms with E-state index < -0.39 is 0 Å². The van der Waals surface area contributed by atoms with Crippen LogP contribution in [0.15, 0.2) is 11.8 Å². The third kappa shape index (κ3) is 5.32. The molecule has 0 atom stereocenters. The Balaban J connectivity index is 2.30. The quantitative estimate of drug-likeness (QED) is 0.630. The number of nitrogens with one attached hydrogen (secondary N) is 1. The summed E-state index contributed by atoms with van der Waals surface area (Å²) in [7, 11) is 3.41. The molecule has 0 saturated heterocycles. The lowest BCUT2D eigenvalue weighted by Crippen LogP contribution is -2.31. The first-order valence-corrected chi connectivity index (χ1v) is 9.51. The summed E-state index contributed by atoms with van der Waals surface area (Å²) in [6.07, 6.45) is 4.30. The largest absolute Gasteiger partial charge is 0.430 e. The van der Waals surface area contributed by atoms with Crippen molar-refractivity contribution >= 4 is 17.5 Å². The molecule has 150 valence electrons. The number of methoxy groups -OCH3 is 1. The Labute approximate surface area is 160 Å². The highest BCUT2D eigenvalue weighted by molar-refractivity contribution is 5.97. The number of anilines is 1. The zero-order valence-corrected chi connectivity index (χ0v) is 16.7. The van der Waals surface area contributed by atoms with Gasteiger partial charge in [0.1, 0.15) is 5.76 Å². The Morgan fingerprint density at radius 2 is 2.15 bits per heavy atom. The van der Waals surface area contributed by atoms with Gasteiger partial charge in [-0.1, -0.05) is 0 Å². The number of ketones is 1. The molecule has 1 aromatic rings. The molecule has 1 aliphatic carbocycles. The van der Waals surface area contributed by atoms with Gasteiger partial charge in [-0.05, 0) is 26.7 Å². The van der Waals surface area contributed by atoms with Gasteiger partial charge in [0.2, 0.25) is 0 Å². The van der Waals surface area contributed by atoms with Gasteiger partial charge in [-0.3, -0.25) is 14.2 Å². The second-order valence-electron chi connectivity index (χ2n) is 6.47. The summed E-state index contributed by atoms with van der Waals surface area (Å²) >= 11 is 0. The molecule has 0 fully saturated rings. The van der Waals surface area contributed by atoms with E-state index in [1.165, 1.54) is 6.08 Å². The van der Waals surface area contributed by atoms with Crippen LogP contribution in [0, 0.1) is 0 Å². The molecule has 0 bridgehead atoms. The van der Waals surface area contributed by atoms with Crippen LogP contribution in [0.25, 0.3) is 0 Å². The molecule has 0 saturated carbocycles.